The van der Waals surface area contributed by atoms with Crippen LogP contribution in [0.5, 0.6) is 0 Å². The predicted octanol–water partition coefficient (Wildman–Crippen LogP) is 2.32. The van der Waals surface area contributed by atoms with Crippen LogP contribution < -0.4 is 0 Å². The highest BCUT2D eigenvalue weighted by Gasteiger charge is 2.26. The highest BCUT2D eigenvalue weighted by Crippen LogP contribution is 2.34. The number of nitrogens with zero attached hydrogens (tertiary/aromatic N) is 5. The van der Waals surface area contributed by atoms with Crippen molar-refractivity contribution in [2.45, 2.75) is 57.5 Å². The molecule has 0 atom stereocenters. The second kappa shape index (κ2) is 6.59. The molecule has 0 unspecified atom stereocenters. The normalized spacial score (nSPS) is 24.2. The maximum absolute atomic E-state index is 9.65. The zero-order valence-corrected chi connectivity index (χ0v) is 14.2. The molecule has 24 heavy (non-hydrogen) atoms. The fourth-order valence-corrected chi connectivity index (χ4v) is 3.64. The van der Waals surface area contributed by atoms with E-state index >= 15 is 0 Å². The molecule has 0 saturated heterocycles. The van der Waals surface area contributed by atoms with Gasteiger partial charge in [-0.1, -0.05) is 5.21 Å². The third kappa shape index (κ3) is 3.48. The summed E-state index contributed by atoms with van der Waals surface area (Å²) in [5.74, 6) is 2.25. The fourth-order valence-electron chi connectivity index (χ4n) is 3.64. The molecule has 2 aliphatic carbocycles. The van der Waals surface area contributed by atoms with Gasteiger partial charge in [0.05, 0.1) is 17.5 Å². The van der Waals surface area contributed by atoms with Gasteiger partial charge in [-0.2, -0.15) is 0 Å². The third-order valence-electron chi connectivity index (χ3n) is 5.36. The van der Waals surface area contributed by atoms with E-state index in [1.807, 2.05) is 24.0 Å². The molecule has 0 aromatic carbocycles. The summed E-state index contributed by atoms with van der Waals surface area (Å²) in [6.07, 6.45) is 10.2. The van der Waals surface area contributed by atoms with Crippen LogP contribution in [0.1, 0.15) is 50.0 Å². The Morgan fingerprint density at radius 1 is 1.08 bits per heavy atom. The van der Waals surface area contributed by atoms with Crippen LogP contribution >= 0.6 is 0 Å². The van der Waals surface area contributed by atoms with E-state index in [1.165, 1.54) is 18.5 Å². The lowest BCUT2D eigenvalue weighted by atomic mass is 9.85. The Hall–Kier alpha value is -1.82. The van der Waals surface area contributed by atoms with Gasteiger partial charge in [0, 0.05) is 19.7 Å². The minimum absolute atomic E-state index is 0.113. The van der Waals surface area contributed by atoms with Gasteiger partial charge in [-0.15, -0.1) is 5.10 Å². The summed E-state index contributed by atoms with van der Waals surface area (Å²) >= 11 is 0. The van der Waals surface area contributed by atoms with Crippen LogP contribution in [0.15, 0.2) is 12.3 Å². The molecule has 0 amide bonds. The summed E-state index contributed by atoms with van der Waals surface area (Å²) in [6.45, 7) is 0. The molecule has 0 spiro atoms. The molecule has 0 aliphatic heterocycles. The molecule has 2 aromatic rings. The minimum Gasteiger partial charge on any atom is -0.393 e. The molecular weight excluding hydrogens is 302 g/mol. The number of hydrogen-bond donors (Lipinski definition) is 1. The van der Waals surface area contributed by atoms with Crippen LogP contribution in [0.3, 0.4) is 0 Å². The van der Waals surface area contributed by atoms with Crippen molar-refractivity contribution in [2.75, 3.05) is 0 Å². The van der Waals surface area contributed by atoms with Crippen molar-refractivity contribution in [3.63, 3.8) is 0 Å². The van der Waals surface area contributed by atoms with Gasteiger partial charge in [0.25, 0.3) is 0 Å². The summed E-state index contributed by atoms with van der Waals surface area (Å²) in [7, 11) is 1.96. The average molecular weight is 327 g/mol. The van der Waals surface area contributed by atoms with Crippen molar-refractivity contribution in [2.24, 2.45) is 18.9 Å². The molecule has 6 nitrogen and oxygen atoms in total. The first kappa shape index (κ1) is 15.7. The molecule has 2 aromatic heterocycles. The highest BCUT2D eigenvalue weighted by molar-refractivity contribution is 5.56. The van der Waals surface area contributed by atoms with E-state index in [-0.39, 0.29) is 6.10 Å². The Kier molecular flexibility index (Phi) is 4.31. The summed E-state index contributed by atoms with van der Waals surface area (Å²) in [6, 6.07) is 1.94. The van der Waals surface area contributed by atoms with Gasteiger partial charge in [0.2, 0.25) is 0 Å². The maximum Gasteiger partial charge on any atom is 0.134 e. The molecular formula is C18H25N5O. The standard InChI is InChI=1S/C18H25N5O/c1-23-16(10-12-2-3-12)18(21-22-23)15-8-9-19-17(20-15)11-13-4-6-14(24)7-5-13/h8-9,12-14,24H,2-7,10-11H2,1H3. The van der Waals surface area contributed by atoms with E-state index in [4.69, 9.17) is 4.98 Å². The first-order valence-electron chi connectivity index (χ1n) is 9.08. The summed E-state index contributed by atoms with van der Waals surface area (Å²) < 4.78 is 1.89. The van der Waals surface area contributed by atoms with Crippen LogP contribution in [0.4, 0.5) is 0 Å². The van der Waals surface area contributed by atoms with Gasteiger partial charge < -0.3 is 5.11 Å². The monoisotopic (exact) mass is 327 g/mol. The molecule has 1 N–H and O–H groups in total. The zero-order valence-electron chi connectivity index (χ0n) is 14.2. The molecule has 0 bridgehead atoms. The van der Waals surface area contributed by atoms with Crippen molar-refractivity contribution in [3.8, 4) is 11.4 Å². The van der Waals surface area contributed by atoms with Crippen molar-refractivity contribution in [1.29, 1.82) is 0 Å². The number of aliphatic hydroxyl groups excluding tert-OH is 1. The van der Waals surface area contributed by atoms with Gasteiger partial charge in [-0.3, -0.25) is 4.68 Å². The van der Waals surface area contributed by atoms with Crippen LogP contribution in [0, 0.1) is 11.8 Å². The Balaban J connectivity index is 1.52. The van der Waals surface area contributed by atoms with Gasteiger partial charge in [0.15, 0.2) is 0 Å². The van der Waals surface area contributed by atoms with Crippen LogP contribution in [-0.2, 0) is 19.9 Å². The van der Waals surface area contributed by atoms with E-state index in [9.17, 15) is 5.11 Å². The highest BCUT2D eigenvalue weighted by atomic mass is 16.3. The summed E-state index contributed by atoms with van der Waals surface area (Å²) in [5, 5.41) is 18.2. The maximum atomic E-state index is 9.65. The Bertz CT molecular complexity index is 701. The lowest BCUT2D eigenvalue weighted by Crippen LogP contribution is -2.20. The van der Waals surface area contributed by atoms with Crippen LogP contribution in [0.25, 0.3) is 11.4 Å². The first-order chi connectivity index (χ1) is 11.7. The Morgan fingerprint density at radius 2 is 1.79 bits per heavy atom. The second-order valence-electron chi connectivity index (χ2n) is 7.39. The average Bonchev–Trinajstić information content (AvgIpc) is 3.33. The molecule has 128 valence electrons. The molecule has 0 radical (unpaired) electrons. The van der Waals surface area contributed by atoms with Crippen LogP contribution in [0.2, 0.25) is 0 Å². The molecule has 4 rings (SSSR count). The third-order valence-corrected chi connectivity index (χ3v) is 5.36. The zero-order chi connectivity index (χ0) is 16.5. The smallest absolute Gasteiger partial charge is 0.134 e. The van der Waals surface area contributed by atoms with Crippen molar-refractivity contribution in [3.05, 3.63) is 23.8 Å². The lowest BCUT2D eigenvalue weighted by molar-refractivity contribution is 0.108. The second-order valence-corrected chi connectivity index (χ2v) is 7.39. The quantitative estimate of drug-likeness (QED) is 0.912. The minimum atomic E-state index is -0.113. The molecule has 2 saturated carbocycles. The summed E-state index contributed by atoms with van der Waals surface area (Å²) in [5.41, 5.74) is 2.98. The van der Waals surface area contributed by atoms with Crippen molar-refractivity contribution in [1.82, 2.24) is 25.0 Å². The van der Waals surface area contributed by atoms with E-state index in [0.29, 0.717) is 5.92 Å². The van der Waals surface area contributed by atoms with E-state index < -0.39 is 0 Å². The van der Waals surface area contributed by atoms with E-state index in [2.05, 4.69) is 15.3 Å². The molecule has 6 heteroatoms. The topological polar surface area (TPSA) is 76.7 Å². The van der Waals surface area contributed by atoms with Gasteiger partial charge in [-0.25, -0.2) is 9.97 Å². The number of aliphatic hydroxyl groups is 1. The number of rotatable bonds is 5. The molecule has 2 aliphatic rings. The summed E-state index contributed by atoms with van der Waals surface area (Å²) in [4.78, 5) is 9.23. The SMILES string of the molecule is Cn1nnc(-c2ccnc(CC3CCC(O)CC3)n2)c1CC1CC1. The Morgan fingerprint density at radius 3 is 2.54 bits per heavy atom. The largest absolute Gasteiger partial charge is 0.393 e. The van der Waals surface area contributed by atoms with Crippen molar-refractivity contribution >= 4 is 0 Å². The fraction of sp³-hybridized carbons (Fsp3) is 0.667. The van der Waals surface area contributed by atoms with E-state index in [1.54, 1.807) is 0 Å². The Labute approximate surface area is 142 Å². The number of hydrogen-bond acceptors (Lipinski definition) is 5. The van der Waals surface area contributed by atoms with E-state index in [0.717, 1.165) is 61.7 Å². The predicted molar refractivity (Wildman–Crippen MR) is 90.1 cm³/mol. The lowest BCUT2D eigenvalue weighted by Gasteiger charge is -2.24. The van der Waals surface area contributed by atoms with Gasteiger partial charge >= 0.3 is 0 Å². The first-order valence-corrected chi connectivity index (χ1v) is 9.08. The number of aromatic nitrogens is 5. The molecule has 2 heterocycles. The molecule has 2 fully saturated rings. The van der Waals surface area contributed by atoms with Gasteiger partial charge in [0.1, 0.15) is 11.5 Å². The number of aryl methyl sites for hydroxylation is 1. The van der Waals surface area contributed by atoms with Crippen molar-refractivity contribution < 1.29 is 5.11 Å². The van der Waals surface area contributed by atoms with Gasteiger partial charge in [-0.05, 0) is 62.8 Å². The van der Waals surface area contributed by atoms with Crippen LogP contribution in [-0.4, -0.2) is 36.2 Å².